The Hall–Kier alpha value is -5.56. The first-order valence-electron chi connectivity index (χ1n) is 19.7. The molecule has 13 heteroatoms. The third-order valence-electron chi connectivity index (χ3n) is 9.59. The third-order valence-corrected chi connectivity index (χ3v) is 10.6. The van der Waals surface area contributed by atoms with Gasteiger partial charge in [0.1, 0.15) is 23.0 Å². The molecule has 0 radical (unpaired) electrons. The van der Waals surface area contributed by atoms with E-state index >= 15 is 0 Å². The van der Waals surface area contributed by atoms with Gasteiger partial charge in [-0.15, -0.1) is 0 Å². The molecule has 0 unspecified atom stereocenters. The summed E-state index contributed by atoms with van der Waals surface area (Å²) in [5, 5.41) is 7.41. The Morgan fingerprint density at radius 2 is 1.49 bits per heavy atom. The van der Waals surface area contributed by atoms with Crippen LogP contribution in [0.3, 0.4) is 0 Å². The summed E-state index contributed by atoms with van der Waals surface area (Å²) in [6.07, 6.45) is 12.5. The van der Waals surface area contributed by atoms with E-state index in [2.05, 4.69) is 13.5 Å². The fourth-order valence-electron chi connectivity index (χ4n) is 6.38. The molecule has 4 aromatic rings. The van der Waals surface area contributed by atoms with Crippen molar-refractivity contribution in [1.82, 2.24) is 4.98 Å². The van der Waals surface area contributed by atoms with Crippen molar-refractivity contribution in [2.45, 2.75) is 84.0 Å². The number of hydrogen-bond acceptors (Lipinski definition) is 13. The van der Waals surface area contributed by atoms with Crippen LogP contribution >= 0.6 is 11.3 Å². The molecule has 1 aromatic heterocycles. The minimum absolute atomic E-state index is 0.287. The molecule has 0 spiro atoms. The van der Waals surface area contributed by atoms with E-state index < -0.39 is 17.9 Å². The number of carbonyl (C=O) groups is 4. The number of ether oxygens (including phenoxy) is 5. The number of benzene rings is 3. The molecule has 1 heterocycles. The van der Waals surface area contributed by atoms with Gasteiger partial charge in [0.05, 0.1) is 41.5 Å². The molecule has 57 heavy (non-hydrogen) atoms. The van der Waals surface area contributed by atoms with Gasteiger partial charge in [-0.25, -0.2) is 14.8 Å². The van der Waals surface area contributed by atoms with Crippen LogP contribution in [0.5, 0.6) is 23.0 Å². The Labute approximate surface area is 337 Å². The molecular weight excluding hydrogens is 747 g/mol. The van der Waals surface area contributed by atoms with Crippen molar-refractivity contribution in [2.24, 2.45) is 16.9 Å². The average Bonchev–Trinajstić information content (AvgIpc) is 3.67. The number of carbonyl (C=O) groups excluding carboxylic acids is 4. The summed E-state index contributed by atoms with van der Waals surface area (Å²) in [7, 11) is 0. The maximum Gasteiger partial charge on any atom is 0.330 e. The highest BCUT2D eigenvalue weighted by Gasteiger charge is 2.32. The van der Waals surface area contributed by atoms with Crippen LogP contribution < -0.4 is 24.0 Å². The predicted octanol–water partition coefficient (Wildman–Crippen LogP) is 9.24. The lowest BCUT2D eigenvalue weighted by Gasteiger charge is -2.26. The molecule has 1 aliphatic carbocycles. The smallest absolute Gasteiger partial charge is 0.330 e. The van der Waals surface area contributed by atoms with Crippen LogP contribution in [0, 0.1) is 11.8 Å². The number of nitrogens with zero attached hydrogens (tertiary/aromatic N) is 3. The van der Waals surface area contributed by atoms with Crippen molar-refractivity contribution in [2.75, 3.05) is 24.8 Å². The topological polar surface area (TPSA) is 143 Å². The van der Waals surface area contributed by atoms with E-state index in [0.717, 1.165) is 72.8 Å². The largest absolute Gasteiger partial charge is 0.494 e. The van der Waals surface area contributed by atoms with Crippen LogP contribution in [-0.4, -0.2) is 55.3 Å². The highest BCUT2D eigenvalue weighted by atomic mass is 32.1. The maximum atomic E-state index is 13.5. The van der Waals surface area contributed by atoms with Gasteiger partial charge in [-0.05, 0) is 112 Å². The molecular formula is C44H51N3O9S. The van der Waals surface area contributed by atoms with Crippen molar-refractivity contribution in [3.8, 4) is 23.0 Å². The molecule has 0 aliphatic heterocycles. The highest BCUT2D eigenvalue weighted by molar-refractivity contribution is 7.22. The monoisotopic (exact) mass is 797 g/mol. The summed E-state index contributed by atoms with van der Waals surface area (Å²) in [6.45, 7) is 7.48. The Morgan fingerprint density at radius 3 is 2.19 bits per heavy atom. The van der Waals surface area contributed by atoms with Gasteiger partial charge < -0.3 is 23.7 Å². The normalized spacial score (nSPS) is 15.2. The second-order valence-electron chi connectivity index (χ2n) is 13.8. The van der Waals surface area contributed by atoms with Crippen LogP contribution in [0.2, 0.25) is 0 Å². The molecule has 1 saturated carbocycles. The number of unbranched alkanes of at least 4 members (excludes halogenated alkanes) is 6. The van der Waals surface area contributed by atoms with Crippen LogP contribution in [0.25, 0.3) is 10.2 Å². The van der Waals surface area contributed by atoms with Crippen molar-refractivity contribution in [3.05, 3.63) is 84.9 Å². The molecule has 3 aromatic carbocycles. The zero-order valence-corrected chi connectivity index (χ0v) is 33.3. The second kappa shape index (κ2) is 22.9. The minimum atomic E-state index is -0.403. The zero-order chi connectivity index (χ0) is 40.2. The zero-order valence-electron chi connectivity index (χ0n) is 32.5. The van der Waals surface area contributed by atoms with Gasteiger partial charge in [0.25, 0.3) is 6.47 Å². The number of rotatable bonds is 23. The lowest BCUT2D eigenvalue weighted by Crippen LogP contribution is -2.30. The Bertz CT molecular complexity index is 1920. The van der Waals surface area contributed by atoms with Gasteiger partial charge in [0.2, 0.25) is 5.13 Å². The molecule has 1 fully saturated rings. The molecule has 0 amide bonds. The second-order valence-corrected chi connectivity index (χ2v) is 14.8. The van der Waals surface area contributed by atoms with Gasteiger partial charge >= 0.3 is 17.9 Å². The standard InChI is InChI=1S/C44H51N3O9S/c1-3-5-6-11-26-47(44-46-38-14-9-10-15-40(38)57-44)45-30-34-29-37(54-31-48)24-25-39(34)56-43(51)33-18-16-32(17-19-33)42(50)55-36-22-20-35(21-23-36)52-27-12-7-8-13-28-53-41(49)4-2/h4,9-10,14-15,20-25,29-33H,2-3,5-8,11-13,16-19,26-28H2,1H3/b45-30-. The van der Waals surface area contributed by atoms with E-state index in [0.29, 0.717) is 69.0 Å². The first-order valence-corrected chi connectivity index (χ1v) is 20.5. The summed E-state index contributed by atoms with van der Waals surface area (Å²) in [5.74, 6) is -0.166. The van der Waals surface area contributed by atoms with E-state index in [1.165, 1.54) is 0 Å². The number of para-hydroxylation sites is 1. The fraction of sp³-hybridized carbons (Fsp3) is 0.409. The van der Waals surface area contributed by atoms with E-state index in [1.54, 1.807) is 60.0 Å². The highest BCUT2D eigenvalue weighted by Crippen LogP contribution is 2.33. The SMILES string of the molecule is C=CC(=O)OCCCCCCOc1ccc(OC(=O)C2CCC(C(=O)Oc3ccc(OC=O)cc3/C=N\N(CCCCCC)c3nc4ccccc4s3)CC2)cc1. The molecule has 0 N–H and O–H groups in total. The molecule has 0 saturated heterocycles. The van der Waals surface area contributed by atoms with E-state index in [-0.39, 0.29) is 23.4 Å². The first-order chi connectivity index (χ1) is 27.9. The molecule has 0 bridgehead atoms. The molecule has 5 rings (SSSR count). The van der Waals surface area contributed by atoms with Gasteiger partial charge in [-0.2, -0.15) is 5.10 Å². The van der Waals surface area contributed by atoms with Gasteiger partial charge in [0.15, 0.2) is 0 Å². The number of aromatic nitrogens is 1. The van der Waals surface area contributed by atoms with E-state index in [4.69, 9.17) is 33.8 Å². The molecule has 302 valence electrons. The van der Waals surface area contributed by atoms with Crippen LogP contribution in [-0.2, 0) is 23.9 Å². The summed E-state index contributed by atoms with van der Waals surface area (Å²) in [4.78, 5) is 53.5. The fourth-order valence-corrected chi connectivity index (χ4v) is 7.33. The Balaban J connectivity index is 1.11. The number of esters is 3. The number of thiazole rings is 1. The minimum Gasteiger partial charge on any atom is -0.494 e. The van der Waals surface area contributed by atoms with Crippen LogP contribution in [0.1, 0.15) is 89.5 Å². The number of hydrogen-bond donors (Lipinski definition) is 0. The Kier molecular flexibility index (Phi) is 17.1. The maximum absolute atomic E-state index is 13.5. The van der Waals surface area contributed by atoms with E-state index in [9.17, 15) is 19.2 Å². The van der Waals surface area contributed by atoms with Crippen molar-refractivity contribution >= 4 is 57.3 Å². The molecule has 12 nitrogen and oxygen atoms in total. The summed E-state index contributed by atoms with van der Waals surface area (Å²) < 4.78 is 28.5. The summed E-state index contributed by atoms with van der Waals surface area (Å²) >= 11 is 1.55. The van der Waals surface area contributed by atoms with Gasteiger partial charge in [-0.3, -0.25) is 14.4 Å². The van der Waals surface area contributed by atoms with Crippen LogP contribution in [0.15, 0.2) is 84.5 Å². The summed E-state index contributed by atoms with van der Waals surface area (Å²) in [5.41, 5.74) is 1.37. The first kappa shape index (κ1) is 42.6. The Morgan fingerprint density at radius 1 is 0.825 bits per heavy atom. The van der Waals surface area contributed by atoms with Gasteiger partial charge in [-0.1, -0.05) is 56.2 Å². The average molecular weight is 798 g/mol. The number of hydrazone groups is 1. The summed E-state index contributed by atoms with van der Waals surface area (Å²) in [6, 6.07) is 19.7. The predicted molar refractivity (Wildman–Crippen MR) is 220 cm³/mol. The van der Waals surface area contributed by atoms with Crippen molar-refractivity contribution in [1.29, 1.82) is 0 Å². The molecule has 0 atom stereocenters. The lowest BCUT2D eigenvalue weighted by molar-refractivity contribution is -0.145. The van der Waals surface area contributed by atoms with Crippen molar-refractivity contribution in [3.63, 3.8) is 0 Å². The van der Waals surface area contributed by atoms with Gasteiger partial charge in [0, 0.05) is 18.2 Å². The number of anilines is 1. The quantitative estimate of drug-likeness (QED) is 0.0135. The van der Waals surface area contributed by atoms with Crippen molar-refractivity contribution < 1.29 is 42.9 Å². The number of fused-ring (bicyclic) bond motifs is 1. The van der Waals surface area contributed by atoms with Crippen LogP contribution in [0.4, 0.5) is 5.13 Å². The van der Waals surface area contributed by atoms with E-state index in [1.807, 2.05) is 29.3 Å². The lowest BCUT2D eigenvalue weighted by atomic mass is 9.82. The third kappa shape index (κ3) is 13.6. The molecule has 1 aliphatic rings.